The Labute approximate surface area is 221 Å². The number of fused-ring (bicyclic) bond motifs is 1. The van der Waals surface area contributed by atoms with Gasteiger partial charge in [0.2, 0.25) is 5.91 Å². The minimum Gasteiger partial charge on any atom is -0.488 e. The van der Waals surface area contributed by atoms with E-state index in [-0.39, 0.29) is 24.6 Å². The third kappa shape index (κ3) is 6.80. The van der Waals surface area contributed by atoms with Gasteiger partial charge in [0, 0.05) is 56.6 Å². The molecule has 38 heavy (non-hydrogen) atoms. The van der Waals surface area contributed by atoms with Gasteiger partial charge in [-0.25, -0.2) is 4.79 Å². The van der Waals surface area contributed by atoms with Gasteiger partial charge < -0.3 is 29.4 Å². The Morgan fingerprint density at radius 1 is 1.13 bits per heavy atom. The number of esters is 1. The Hall–Kier alpha value is -3.22. The summed E-state index contributed by atoms with van der Waals surface area (Å²) >= 11 is 6.03. The maximum Gasteiger partial charge on any atom is 0.491 e. The first-order chi connectivity index (χ1) is 17.7. The number of ether oxygens (including phenoxy) is 4. The van der Waals surface area contributed by atoms with Gasteiger partial charge in [-0.2, -0.15) is 13.2 Å². The Morgan fingerprint density at radius 3 is 2.47 bits per heavy atom. The predicted molar refractivity (Wildman–Crippen MR) is 130 cm³/mol. The molecule has 2 aromatic rings. The lowest BCUT2D eigenvalue weighted by molar-refractivity contribution is -0.189. The molecule has 0 saturated carbocycles. The summed E-state index contributed by atoms with van der Waals surface area (Å²) in [5, 5.41) is 14.0. The van der Waals surface area contributed by atoms with Crippen molar-refractivity contribution in [3.63, 3.8) is 0 Å². The minimum absolute atomic E-state index is 0.0743. The zero-order valence-electron chi connectivity index (χ0n) is 20.6. The summed E-state index contributed by atoms with van der Waals surface area (Å²) in [5.41, 5.74) is -1.25. The lowest BCUT2D eigenvalue weighted by atomic mass is 10.0. The number of halogens is 4. The van der Waals surface area contributed by atoms with Gasteiger partial charge in [0.1, 0.15) is 23.7 Å². The van der Waals surface area contributed by atoms with Gasteiger partial charge in [0.15, 0.2) is 11.5 Å². The molecule has 1 fully saturated rings. The lowest BCUT2D eigenvalue weighted by Crippen LogP contribution is -2.53. The van der Waals surface area contributed by atoms with E-state index in [4.69, 9.17) is 25.8 Å². The topological polar surface area (TPSA) is 107 Å². The summed E-state index contributed by atoms with van der Waals surface area (Å²) < 4.78 is 59.8. The fourth-order valence-corrected chi connectivity index (χ4v) is 4.39. The highest BCUT2D eigenvalue weighted by molar-refractivity contribution is 6.30. The molecule has 0 aromatic heterocycles. The molecule has 0 unspecified atom stereocenters. The third-order valence-corrected chi connectivity index (χ3v) is 6.16. The van der Waals surface area contributed by atoms with Crippen molar-refractivity contribution < 1.29 is 46.8 Å². The Bertz CT molecular complexity index is 1210. The van der Waals surface area contributed by atoms with Crippen molar-refractivity contribution in [3.05, 3.63) is 41.4 Å². The number of β-amino-alcohol motifs (C(OH)–C–C–N with tert-alkyl or cyclic N) is 1. The second-order valence-electron chi connectivity index (χ2n) is 9.49. The van der Waals surface area contributed by atoms with Crippen LogP contribution in [0, 0.1) is 0 Å². The van der Waals surface area contributed by atoms with Crippen LogP contribution >= 0.6 is 11.6 Å². The van der Waals surface area contributed by atoms with E-state index in [1.807, 2.05) is 4.90 Å². The molecular weight excluding hydrogens is 533 g/mol. The van der Waals surface area contributed by atoms with Crippen molar-refractivity contribution in [1.29, 1.82) is 0 Å². The van der Waals surface area contributed by atoms with E-state index in [9.17, 15) is 27.9 Å². The zero-order valence-corrected chi connectivity index (χ0v) is 21.3. The lowest BCUT2D eigenvalue weighted by Gasteiger charge is -2.40. The molecule has 2 N–H and O–H groups in total. The zero-order chi connectivity index (χ0) is 27.7. The van der Waals surface area contributed by atoms with Crippen molar-refractivity contribution >= 4 is 29.2 Å². The fourth-order valence-electron chi connectivity index (χ4n) is 4.23. The second kappa shape index (κ2) is 10.5. The first kappa shape index (κ1) is 27.8. The number of hydrogen-bond acceptors (Lipinski definition) is 8. The Balaban J connectivity index is 1.36. The van der Waals surface area contributed by atoms with Crippen LogP contribution in [0.3, 0.4) is 0 Å². The number of benzene rings is 2. The molecule has 4 rings (SSSR count). The van der Waals surface area contributed by atoms with E-state index in [0.717, 1.165) is 12.1 Å². The van der Waals surface area contributed by atoms with E-state index < -0.39 is 35.2 Å². The van der Waals surface area contributed by atoms with Crippen molar-refractivity contribution in [3.8, 4) is 23.0 Å². The number of aliphatic hydroxyl groups is 1. The van der Waals surface area contributed by atoms with Crippen LogP contribution in [-0.4, -0.2) is 65.7 Å². The fraction of sp³-hybridized carbons (Fsp3) is 0.440. The average molecular weight is 559 g/mol. The molecule has 2 aliphatic rings. The summed E-state index contributed by atoms with van der Waals surface area (Å²) in [6.45, 7) is 3.83. The molecule has 2 aliphatic heterocycles. The Morgan fingerprint density at radius 2 is 1.82 bits per heavy atom. The highest BCUT2D eigenvalue weighted by Gasteiger charge is 2.45. The molecule has 9 nitrogen and oxygen atoms in total. The Kier molecular flexibility index (Phi) is 7.69. The number of anilines is 1. The molecular formula is C25H26ClF3N2O7. The van der Waals surface area contributed by atoms with Gasteiger partial charge in [0.25, 0.3) is 5.79 Å². The number of carbonyl (C=O) groups is 2. The molecule has 2 aromatic carbocycles. The molecule has 0 bridgehead atoms. The number of nitrogens with zero attached hydrogens (tertiary/aromatic N) is 1. The van der Waals surface area contributed by atoms with E-state index in [1.54, 1.807) is 25.1 Å². The molecule has 206 valence electrons. The predicted octanol–water partition coefficient (Wildman–Crippen LogP) is 4.16. The van der Waals surface area contributed by atoms with Crippen LogP contribution in [0.25, 0.3) is 0 Å². The SMILES string of the molecule is CC(=O)Nc1ccc(OC(=O)C(F)(F)F)cc1OC[C@@](C)(O)CN1CCC2(CC1)Oc1ccc(Cl)cc1O2. The molecule has 1 amide bonds. The van der Waals surface area contributed by atoms with Crippen LogP contribution in [0.15, 0.2) is 36.4 Å². The number of alkyl halides is 3. The molecule has 0 radical (unpaired) electrons. The van der Waals surface area contributed by atoms with Crippen LogP contribution in [0.1, 0.15) is 26.7 Å². The van der Waals surface area contributed by atoms with Crippen LogP contribution < -0.4 is 24.3 Å². The van der Waals surface area contributed by atoms with E-state index in [0.29, 0.717) is 42.5 Å². The van der Waals surface area contributed by atoms with Crippen LogP contribution in [0.4, 0.5) is 18.9 Å². The normalized spacial score (nSPS) is 18.1. The van der Waals surface area contributed by atoms with Crippen molar-refractivity contribution in [2.24, 2.45) is 0 Å². The summed E-state index contributed by atoms with van der Waals surface area (Å²) in [4.78, 5) is 24.7. The first-order valence-electron chi connectivity index (χ1n) is 11.7. The third-order valence-electron chi connectivity index (χ3n) is 5.92. The molecule has 2 heterocycles. The van der Waals surface area contributed by atoms with Gasteiger partial charge >= 0.3 is 12.1 Å². The number of hydrogen-bond donors (Lipinski definition) is 2. The molecule has 1 spiro atoms. The largest absolute Gasteiger partial charge is 0.491 e. The number of nitrogens with one attached hydrogen (secondary N) is 1. The molecule has 13 heteroatoms. The highest BCUT2D eigenvalue weighted by atomic mass is 35.5. The van der Waals surface area contributed by atoms with Crippen molar-refractivity contribution in [2.75, 3.05) is 31.6 Å². The van der Waals surface area contributed by atoms with Gasteiger partial charge in [-0.15, -0.1) is 0 Å². The monoisotopic (exact) mass is 558 g/mol. The van der Waals surface area contributed by atoms with E-state index in [1.165, 1.54) is 13.0 Å². The summed E-state index contributed by atoms with van der Waals surface area (Å²) in [7, 11) is 0. The first-order valence-corrected chi connectivity index (χ1v) is 12.1. The van der Waals surface area contributed by atoms with Gasteiger partial charge in [-0.3, -0.25) is 9.69 Å². The second-order valence-corrected chi connectivity index (χ2v) is 9.93. The smallest absolute Gasteiger partial charge is 0.488 e. The quantitative estimate of drug-likeness (QED) is 0.385. The maximum atomic E-state index is 12.6. The van der Waals surface area contributed by atoms with Crippen molar-refractivity contribution in [1.82, 2.24) is 4.90 Å². The maximum absolute atomic E-state index is 12.6. The summed E-state index contributed by atoms with van der Waals surface area (Å²) in [5.74, 6) is -2.94. The summed E-state index contributed by atoms with van der Waals surface area (Å²) in [6, 6.07) is 8.55. The van der Waals surface area contributed by atoms with Crippen LogP contribution in [0.5, 0.6) is 23.0 Å². The molecule has 1 atom stereocenters. The summed E-state index contributed by atoms with van der Waals surface area (Å²) in [6.07, 6.45) is -4.11. The van der Waals surface area contributed by atoms with Gasteiger partial charge in [0.05, 0.1) is 5.69 Å². The molecule has 1 saturated heterocycles. The van der Waals surface area contributed by atoms with Gasteiger partial charge in [-0.1, -0.05) is 11.6 Å². The standard InChI is InChI=1S/C25H26ClF3N2O7/c1-15(32)30-18-5-4-17(36-22(33)25(27,28)29)12-20(18)35-14-23(2,34)13-31-9-7-24(8-10-31)37-19-6-3-16(26)11-21(19)38-24/h3-6,11-12,34H,7-10,13-14H2,1-2H3,(H,30,32)/t23-/m0/s1. The average Bonchev–Trinajstić information content (AvgIpc) is 3.16. The highest BCUT2D eigenvalue weighted by Crippen LogP contribution is 2.44. The number of rotatable bonds is 7. The number of carbonyl (C=O) groups excluding carboxylic acids is 2. The number of piperidine rings is 1. The number of likely N-dealkylation sites (tertiary alicyclic amines) is 1. The van der Waals surface area contributed by atoms with E-state index >= 15 is 0 Å². The molecule has 0 aliphatic carbocycles. The van der Waals surface area contributed by atoms with E-state index in [2.05, 4.69) is 10.1 Å². The van der Waals surface area contributed by atoms with Crippen LogP contribution in [0.2, 0.25) is 5.02 Å². The number of amides is 1. The van der Waals surface area contributed by atoms with Crippen molar-refractivity contribution in [2.45, 2.75) is 44.3 Å². The van der Waals surface area contributed by atoms with Gasteiger partial charge in [-0.05, 0) is 31.2 Å². The minimum atomic E-state index is -5.18. The van der Waals surface area contributed by atoms with Crippen LogP contribution in [-0.2, 0) is 9.59 Å².